The van der Waals surface area contributed by atoms with Crippen molar-refractivity contribution < 1.29 is 5.11 Å². The van der Waals surface area contributed by atoms with Crippen molar-refractivity contribution in [3.05, 3.63) is 15.6 Å². The van der Waals surface area contributed by atoms with Crippen LogP contribution in [0.4, 0.5) is 0 Å². The van der Waals surface area contributed by atoms with Gasteiger partial charge in [-0.05, 0) is 19.8 Å². The van der Waals surface area contributed by atoms with Crippen molar-refractivity contribution in [2.75, 3.05) is 6.61 Å². The van der Waals surface area contributed by atoms with Gasteiger partial charge in [0.2, 0.25) is 0 Å². The van der Waals surface area contributed by atoms with Crippen LogP contribution in [0.15, 0.2) is 0 Å². The highest BCUT2D eigenvalue weighted by Crippen LogP contribution is 2.47. The average Bonchev–Trinajstić information content (AvgIpc) is 2.47. The molecule has 1 aromatic rings. The predicted octanol–water partition coefficient (Wildman–Crippen LogP) is 3.16. The molecule has 1 aliphatic rings. The molecule has 0 saturated heterocycles. The standard InChI is InChI=1S/C13H21NOS/c1-9-10(13(8-15)6-5-7-13)16-11(14-9)12(2,3)4/h15H,5-8H2,1-4H3. The van der Waals surface area contributed by atoms with Crippen LogP contribution in [0.1, 0.15) is 55.6 Å². The first-order valence-electron chi connectivity index (χ1n) is 5.98. The lowest BCUT2D eigenvalue weighted by Crippen LogP contribution is -2.37. The van der Waals surface area contributed by atoms with Crippen molar-refractivity contribution in [1.29, 1.82) is 0 Å². The first kappa shape index (κ1) is 12.1. The second kappa shape index (κ2) is 3.81. The average molecular weight is 239 g/mol. The lowest BCUT2D eigenvalue weighted by Gasteiger charge is -2.39. The number of nitrogens with zero attached hydrogens (tertiary/aromatic N) is 1. The van der Waals surface area contributed by atoms with Crippen LogP contribution < -0.4 is 0 Å². The minimum absolute atomic E-state index is 0.0469. The molecule has 0 bridgehead atoms. The van der Waals surface area contributed by atoms with Gasteiger partial charge in [0.05, 0.1) is 17.3 Å². The SMILES string of the molecule is Cc1nc(C(C)(C)C)sc1C1(CO)CCC1. The van der Waals surface area contributed by atoms with E-state index in [0.717, 1.165) is 18.5 Å². The number of hydrogen-bond acceptors (Lipinski definition) is 3. The highest BCUT2D eigenvalue weighted by atomic mass is 32.1. The molecular formula is C13H21NOS. The molecule has 0 unspecified atom stereocenters. The fraction of sp³-hybridized carbons (Fsp3) is 0.769. The summed E-state index contributed by atoms with van der Waals surface area (Å²) in [5.74, 6) is 0. The van der Waals surface area contributed by atoms with E-state index >= 15 is 0 Å². The molecule has 0 atom stereocenters. The second-order valence-electron chi connectivity index (χ2n) is 5.98. The van der Waals surface area contributed by atoms with Gasteiger partial charge in [0.15, 0.2) is 0 Å². The summed E-state index contributed by atoms with van der Waals surface area (Å²) >= 11 is 1.80. The third kappa shape index (κ3) is 1.80. The summed E-state index contributed by atoms with van der Waals surface area (Å²) in [5, 5.41) is 10.8. The Bertz CT molecular complexity index is 380. The van der Waals surface area contributed by atoms with E-state index in [9.17, 15) is 5.11 Å². The molecule has 2 nitrogen and oxygen atoms in total. The van der Waals surface area contributed by atoms with E-state index < -0.39 is 0 Å². The van der Waals surface area contributed by atoms with E-state index in [-0.39, 0.29) is 17.4 Å². The lowest BCUT2D eigenvalue weighted by atomic mass is 9.68. The molecule has 1 heterocycles. The minimum Gasteiger partial charge on any atom is -0.395 e. The molecule has 0 aliphatic heterocycles. The van der Waals surface area contributed by atoms with Crippen LogP contribution in [-0.2, 0) is 10.8 Å². The zero-order valence-corrected chi connectivity index (χ0v) is 11.4. The molecule has 2 rings (SSSR count). The Morgan fingerprint density at radius 3 is 2.31 bits per heavy atom. The van der Waals surface area contributed by atoms with Crippen molar-refractivity contribution in [3.63, 3.8) is 0 Å². The normalized spacial score (nSPS) is 19.6. The molecule has 1 aromatic heterocycles. The molecule has 0 radical (unpaired) electrons. The van der Waals surface area contributed by atoms with Gasteiger partial charge in [-0.3, -0.25) is 0 Å². The van der Waals surface area contributed by atoms with E-state index in [1.807, 2.05) is 0 Å². The van der Waals surface area contributed by atoms with E-state index in [0.29, 0.717) is 0 Å². The number of aromatic nitrogens is 1. The maximum Gasteiger partial charge on any atom is 0.0984 e. The Morgan fingerprint density at radius 1 is 1.38 bits per heavy atom. The number of rotatable bonds is 2. The van der Waals surface area contributed by atoms with Gasteiger partial charge in [0.1, 0.15) is 0 Å². The van der Waals surface area contributed by atoms with E-state index in [2.05, 4.69) is 32.7 Å². The van der Waals surface area contributed by atoms with Gasteiger partial charge in [0.25, 0.3) is 0 Å². The smallest absolute Gasteiger partial charge is 0.0984 e. The largest absolute Gasteiger partial charge is 0.395 e. The van der Waals surface area contributed by atoms with Gasteiger partial charge in [-0.25, -0.2) is 4.98 Å². The molecule has 1 N–H and O–H groups in total. The molecule has 0 spiro atoms. The monoisotopic (exact) mass is 239 g/mol. The molecule has 1 fully saturated rings. The Morgan fingerprint density at radius 2 is 2.00 bits per heavy atom. The number of aryl methyl sites for hydroxylation is 1. The fourth-order valence-corrected chi connectivity index (χ4v) is 3.63. The van der Waals surface area contributed by atoms with Gasteiger partial charge >= 0.3 is 0 Å². The topological polar surface area (TPSA) is 33.1 Å². The fourth-order valence-electron chi connectivity index (χ4n) is 2.27. The second-order valence-corrected chi connectivity index (χ2v) is 6.97. The highest BCUT2D eigenvalue weighted by molar-refractivity contribution is 7.12. The molecule has 16 heavy (non-hydrogen) atoms. The Hall–Kier alpha value is -0.410. The Kier molecular flexibility index (Phi) is 2.87. The minimum atomic E-state index is 0.0469. The van der Waals surface area contributed by atoms with Crippen LogP contribution in [0.25, 0.3) is 0 Å². The Balaban J connectivity index is 2.39. The van der Waals surface area contributed by atoms with Crippen molar-refractivity contribution in [1.82, 2.24) is 4.98 Å². The van der Waals surface area contributed by atoms with Gasteiger partial charge in [0, 0.05) is 15.7 Å². The Labute approximate surface area is 102 Å². The summed E-state index contributed by atoms with van der Waals surface area (Å²) < 4.78 is 0. The number of thiazole rings is 1. The van der Waals surface area contributed by atoms with Gasteiger partial charge in [-0.15, -0.1) is 11.3 Å². The molecule has 1 aliphatic carbocycles. The molecule has 90 valence electrons. The van der Waals surface area contributed by atoms with Crippen LogP contribution in [0.5, 0.6) is 0 Å². The maximum absolute atomic E-state index is 9.61. The van der Waals surface area contributed by atoms with E-state index in [4.69, 9.17) is 0 Å². The molecule has 0 aromatic carbocycles. The first-order valence-corrected chi connectivity index (χ1v) is 6.80. The third-order valence-corrected chi connectivity index (χ3v) is 5.36. The predicted molar refractivity (Wildman–Crippen MR) is 68.2 cm³/mol. The van der Waals surface area contributed by atoms with Crippen LogP contribution in [0, 0.1) is 6.92 Å². The number of aliphatic hydroxyl groups excluding tert-OH is 1. The van der Waals surface area contributed by atoms with Crippen molar-refractivity contribution in [2.45, 2.75) is 57.8 Å². The lowest BCUT2D eigenvalue weighted by molar-refractivity contribution is 0.122. The number of hydrogen-bond donors (Lipinski definition) is 1. The van der Waals surface area contributed by atoms with E-state index in [1.54, 1.807) is 11.3 Å². The maximum atomic E-state index is 9.61. The summed E-state index contributed by atoms with van der Waals surface area (Å²) in [6, 6.07) is 0. The third-order valence-electron chi connectivity index (χ3n) is 3.53. The van der Waals surface area contributed by atoms with Crippen LogP contribution >= 0.6 is 11.3 Å². The van der Waals surface area contributed by atoms with Gasteiger partial charge in [-0.2, -0.15) is 0 Å². The van der Waals surface area contributed by atoms with Gasteiger partial charge < -0.3 is 5.11 Å². The highest BCUT2D eigenvalue weighted by Gasteiger charge is 2.41. The molecule has 3 heteroatoms. The van der Waals surface area contributed by atoms with Crippen molar-refractivity contribution in [3.8, 4) is 0 Å². The zero-order valence-electron chi connectivity index (χ0n) is 10.6. The zero-order chi connectivity index (χ0) is 12.0. The quantitative estimate of drug-likeness (QED) is 0.860. The van der Waals surface area contributed by atoms with Crippen molar-refractivity contribution in [2.24, 2.45) is 0 Å². The van der Waals surface area contributed by atoms with Crippen LogP contribution in [0.2, 0.25) is 0 Å². The first-order chi connectivity index (χ1) is 7.39. The summed E-state index contributed by atoms with van der Waals surface area (Å²) in [4.78, 5) is 6.01. The van der Waals surface area contributed by atoms with Crippen molar-refractivity contribution >= 4 is 11.3 Å². The summed E-state index contributed by atoms with van der Waals surface area (Å²) in [7, 11) is 0. The number of aliphatic hydroxyl groups is 1. The summed E-state index contributed by atoms with van der Waals surface area (Å²) in [6.45, 7) is 8.95. The molecule has 1 saturated carbocycles. The molecule has 0 amide bonds. The van der Waals surface area contributed by atoms with Gasteiger partial charge in [-0.1, -0.05) is 27.2 Å². The molecular weight excluding hydrogens is 218 g/mol. The van der Waals surface area contributed by atoms with Crippen LogP contribution in [0.3, 0.4) is 0 Å². The van der Waals surface area contributed by atoms with Crippen LogP contribution in [-0.4, -0.2) is 16.7 Å². The summed E-state index contributed by atoms with van der Waals surface area (Å²) in [6.07, 6.45) is 3.48. The van der Waals surface area contributed by atoms with E-state index in [1.165, 1.54) is 16.3 Å². The summed E-state index contributed by atoms with van der Waals surface area (Å²) in [5.41, 5.74) is 1.29.